The van der Waals surface area contributed by atoms with Crippen molar-refractivity contribution < 1.29 is 28.5 Å². The number of carbonyl (C=O) groups excluding carboxylic acids is 1. The van der Waals surface area contributed by atoms with Crippen molar-refractivity contribution in [2.75, 3.05) is 21.3 Å². The predicted molar refractivity (Wildman–Crippen MR) is 84.6 cm³/mol. The molecule has 7 heteroatoms. The zero-order valence-corrected chi connectivity index (χ0v) is 13.2. The minimum atomic E-state index is -1.12. The van der Waals surface area contributed by atoms with Gasteiger partial charge in [-0.25, -0.2) is 4.79 Å². The maximum Gasteiger partial charge on any atom is 0.205 e. The number of hydrogen-bond acceptors (Lipinski definition) is 7. The highest BCUT2D eigenvalue weighted by Crippen LogP contribution is 2.41. The fourth-order valence-corrected chi connectivity index (χ4v) is 2.82. The Kier molecular flexibility index (Phi) is 3.89. The Hall–Kier alpha value is -3.02. The molecular formula is C17H14O7. The van der Waals surface area contributed by atoms with Crippen LogP contribution in [0.3, 0.4) is 0 Å². The molecule has 0 aliphatic heterocycles. The molecule has 0 spiro atoms. The molecular weight excluding hydrogens is 316 g/mol. The monoisotopic (exact) mass is 330 g/mol. The van der Waals surface area contributed by atoms with Gasteiger partial charge in [-0.3, -0.25) is 4.79 Å². The molecule has 1 aromatic carbocycles. The van der Waals surface area contributed by atoms with E-state index in [4.69, 9.17) is 18.6 Å². The molecule has 0 bridgehead atoms. The van der Waals surface area contributed by atoms with Crippen LogP contribution in [0.1, 0.15) is 17.4 Å². The molecule has 1 heterocycles. The number of fused-ring (bicyclic) bond motifs is 2. The van der Waals surface area contributed by atoms with Crippen molar-refractivity contribution >= 4 is 22.7 Å². The van der Waals surface area contributed by atoms with Gasteiger partial charge in [0.05, 0.1) is 19.8 Å². The highest BCUT2D eigenvalue weighted by Gasteiger charge is 2.38. The van der Waals surface area contributed by atoms with Crippen LogP contribution in [0.15, 0.2) is 38.7 Å². The molecule has 124 valence electrons. The van der Waals surface area contributed by atoms with Gasteiger partial charge in [0.2, 0.25) is 11.2 Å². The fourth-order valence-electron chi connectivity index (χ4n) is 2.82. The van der Waals surface area contributed by atoms with Gasteiger partial charge < -0.3 is 23.7 Å². The summed E-state index contributed by atoms with van der Waals surface area (Å²) in [5, 5.41) is 10.4. The van der Waals surface area contributed by atoms with E-state index in [1.807, 2.05) is 0 Å². The number of ether oxygens (including phenoxy) is 3. The quantitative estimate of drug-likeness (QED) is 0.861. The first-order valence-corrected chi connectivity index (χ1v) is 6.98. The first-order valence-electron chi connectivity index (χ1n) is 6.98. The molecule has 1 atom stereocenters. The van der Waals surface area contributed by atoms with Gasteiger partial charge in [-0.1, -0.05) is 6.07 Å². The van der Waals surface area contributed by atoms with Crippen molar-refractivity contribution in [3.05, 3.63) is 51.1 Å². The second-order valence-electron chi connectivity index (χ2n) is 5.02. The van der Waals surface area contributed by atoms with Gasteiger partial charge in [-0.2, -0.15) is 0 Å². The Morgan fingerprint density at radius 1 is 1.21 bits per heavy atom. The second kappa shape index (κ2) is 5.88. The summed E-state index contributed by atoms with van der Waals surface area (Å²) < 4.78 is 21.3. The minimum Gasteiger partial charge on any atom is -0.503 e. The van der Waals surface area contributed by atoms with Crippen LogP contribution in [0.4, 0.5) is 0 Å². The lowest BCUT2D eigenvalue weighted by molar-refractivity contribution is 0.122. The molecule has 0 radical (unpaired) electrons. The Labute approximate surface area is 136 Å². The summed E-state index contributed by atoms with van der Waals surface area (Å²) in [5.74, 6) is 1.34. The summed E-state index contributed by atoms with van der Waals surface area (Å²) in [6, 6.07) is 4.88. The summed E-state index contributed by atoms with van der Waals surface area (Å²) in [4.78, 5) is 24.3. The Bertz CT molecular complexity index is 961. The van der Waals surface area contributed by atoms with Crippen LogP contribution in [0.5, 0.6) is 5.75 Å². The van der Waals surface area contributed by atoms with E-state index in [9.17, 15) is 14.7 Å². The third-order valence-corrected chi connectivity index (χ3v) is 3.89. The molecule has 2 aromatic rings. The van der Waals surface area contributed by atoms with Gasteiger partial charge in [-0.15, -0.1) is 0 Å². The summed E-state index contributed by atoms with van der Waals surface area (Å²) in [6.07, 6.45) is -1.12. The number of benzene rings is 1. The normalized spacial score (nSPS) is 16.8. The average molecular weight is 330 g/mol. The van der Waals surface area contributed by atoms with E-state index >= 15 is 0 Å². The van der Waals surface area contributed by atoms with Crippen molar-refractivity contribution in [1.29, 1.82) is 0 Å². The van der Waals surface area contributed by atoms with E-state index in [1.54, 1.807) is 24.1 Å². The molecule has 0 saturated carbocycles. The van der Waals surface area contributed by atoms with Crippen LogP contribution in [-0.4, -0.2) is 32.4 Å². The Morgan fingerprint density at radius 3 is 2.54 bits per heavy atom. The molecule has 3 rings (SSSR count). The smallest absolute Gasteiger partial charge is 0.205 e. The molecule has 0 saturated heterocycles. The number of aliphatic hydroxyl groups is 1. The molecule has 1 N–H and O–H groups in total. The molecule has 0 amide bonds. The maximum atomic E-state index is 13.0. The van der Waals surface area contributed by atoms with E-state index in [1.165, 1.54) is 21.3 Å². The number of methoxy groups -OCH3 is 3. The van der Waals surface area contributed by atoms with E-state index in [2.05, 4.69) is 0 Å². The van der Waals surface area contributed by atoms with Crippen molar-refractivity contribution in [1.82, 2.24) is 0 Å². The van der Waals surface area contributed by atoms with E-state index < -0.39 is 17.3 Å². The number of hydrogen-bond donors (Lipinski definition) is 1. The van der Waals surface area contributed by atoms with Gasteiger partial charge in [0, 0.05) is 7.11 Å². The second-order valence-corrected chi connectivity index (χ2v) is 5.02. The summed E-state index contributed by atoms with van der Waals surface area (Å²) in [5.41, 5.74) is -0.370. The summed E-state index contributed by atoms with van der Waals surface area (Å²) in [6.45, 7) is 0. The standard InChI is InChI=1S/C17H14O7/c1-21-9-5-4-6-10-11(9)14(20)12-15(22-2)8(7-18)13(19)17(23-3)16(12)24-10/h4-6,15,19H,1-3H3. The predicted octanol–water partition coefficient (Wildman–Crippen LogP) is 2.13. The minimum absolute atomic E-state index is 0.00611. The summed E-state index contributed by atoms with van der Waals surface area (Å²) >= 11 is 0. The van der Waals surface area contributed by atoms with Crippen LogP contribution in [0, 0.1) is 0 Å². The zero-order chi connectivity index (χ0) is 17.4. The average Bonchev–Trinajstić information content (AvgIpc) is 2.60. The van der Waals surface area contributed by atoms with E-state index in [0.29, 0.717) is 5.75 Å². The topological polar surface area (TPSA) is 95.2 Å². The molecule has 1 aromatic heterocycles. The molecule has 24 heavy (non-hydrogen) atoms. The molecule has 1 aliphatic carbocycles. The van der Waals surface area contributed by atoms with E-state index in [-0.39, 0.29) is 33.6 Å². The highest BCUT2D eigenvalue weighted by molar-refractivity contribution is 5.87. The van der Waals surface area contributed by atoms with Crippen LogP contribution in [0.2, 0.25) is 0 Å². The number of rotatable bonds is 3. The maximum absolute atomic E-state index is 13.0. The van der Waals surface area contributed by atoms with Crippen LogP contribution in [-0.2, 0) is 14.3 Å². The number of aliphatic hydroxyl groups excluding tert-OH is 1. The molecule has 1 unspecified atom stereocenters. The van der Waals surface area contributed by atoms with Gasteiger partial charge in [-0.05, 0) is 12.1 Å². The fraction of sp³-hybridized carbons (Fsp3) is 0.235. The van der Waals surface area contributed by atoms with Crippen LogP contribution in [0.25, 0.3) is 16.7 Å². The van der Waals surface area contributed by atoms with Crippen molar-refractivity contribution in [2.45, 2.75) is 6.10 Å². The first kappa shape index (κ1) is 15.9. The lowest BCUT2D eigenvalue weighted by atomic mass is 9.91. The van der Waals surface area contributed by atoms with Gasteiger partial charge in [0.1, 0.15) is 34.3 Å². The van der Waals surface area contributed by atoms with E-state index in [0.717, 1.165) is 0 Å². The zero-order valence-electron chi connectivity index (χ0n) is 13.2. The highest BCUT2D eigenvalue weighted by atomic mass is 16.5. The van der Waals surface area contributed by atoms with Gasteiger partial charge in [0.25, 0.3) is 0 Å². The third kappa shape index (κ3) is 2.03. The lowest BCUT2D eigenvalue weighted by Crippen LogP contribution is -2.25. The molecule has 0 fully saturated rings. The first-order chi connectivity index (χ1) is 11.6. The Balaban J connectivity index is 2.52. The van der Waals surface area contributed by atoms with Crippen molar-refractivity contribution in [3.8, 4) is 5.75 Å². The SMILES string of the molecule is COC1=C(O)C(=C=O)C(OC)c2c1oc1cccc(OC)c1c2=O. The van der Waals surface area contributed by atoms with Crippen LogP contribution >= 0.6 is 0 Å². The lowest BCUT2D eigenvalue weighted by Gasteiger charge is -2.25. The van der Waals surface area contributed by atoms with Gasteiger partial charge in [0.15, 0.2) is 11.5 Å². The van der Waals surface area contributed by atoms with Crippen molar-refractivity contribution in [2.24, 2.45) is 0 Å². The van der Waals surface area contributed by atoms with Gasteiger partial charge >= 0.3 is 0 Å². The largest absolute Gasteiger partial charge is 0.503 e. The van der Waals surface area contributed by atoms with Crippen molar-refractivity contribution in [3.63, 3.8) is 0 Å². The van der Waals surface area contributed by atoms with Crippen LogP contribution < -0.4 is 10.2 Å². The molecule has 7 nitrogen and oxygen atoms in total. The third-order valence-electron chi connectivity index (χ3n) is 3.89. The summed E-state index contributed by atoms with van der Waals surface area (Å²) in [7, 11) is 4.04. The Morgan fingerprint density at radius 2 is 1.96 bits per heavy atom. The molecule has 1 aliphatic rings.